The number of hydrazine groups is 1. The lowest BCUT2D eigenvalue weighted by molar-refractivity contribution is -0.137. The highest BCUT2D eigenvalue weighted by Gasteiger charge is 2.40. The number of carbonyl (C=O) groups excluding carboxylic acids is 2. The number of nitrogens with one attached hydrogen (secondary N) is 2. The molecule has 30 heavy (non-hydrogen) atoms. The maximum absolute atomic E-state index is 13.0. The van der Waals surface area contributed by atoms with Crippen molar-refractivity contribution in [1.82, 2.24) is 15.3 Å². The van der Waals surface area contributed by atoms with Crippen molar-refractivity contribution in [2.45, 2.75) is 25.4 Å². The van der Waals surface area contributed by atoms with Crippen LogP contribution in [0.5, 0.6) is 5.75 Å². The summed E-state index contributed by atoms with van der Waals surface area (Å²) < 4.78 is 5.25. The van der Waals surface area contributed by atoms with E-state index in [-0.39, 0.29) is 30.4 Å². The number of fused-ring (bicyclic) bond motifs is 1. The number of rotatable bonds is 5. The number of halogens is 1. The molecule has 0 saturated carbocycles. The van der Waals surface area contributed by atoms with E-state index in [9.17, 15) is 9.59 Å². The van der Waals surface area contributed by atoms with Gasteiger partial charge in [0, 0.05) is 17.4 Å². The third-order valence-corrected chi connectivity index (χ3v) is 5.54. The highest BCUT2D eigenvalue weighted by Crippen LogP contribution is 2.31. The molecule has 2 unspecified atom stereocenters. The van der Waals surface area contributed by atoms with E-state index in [0.29, 0.717) is 22.9 Å². The molecule has 7 nitrogen and oxygen atoms in total. The lowest BCUT2D eigenvalue weighted by Crippen LogP contribution is -2.49. The van der Waals surface area contributed by atoms with Crippen molar-refractivity contribution in [3.05, 3.63) is 71.0 Å². The van der Waals surface area contributed by atoms with Gasteiger partial charge in [-0.2, -0.15) is 0 Å². The molecule has 2 heterocycles. The second kappa shape index (κ2) is 8.38. The number of nitrogens with zero attached hydrogens (tertiary/aromatic N) is 2. The lowest BCUT2D eigenvalue weighted by atomic mass is 10.00. The largest absolute Gasteiger partial charge is 0.495 e. The first-order valence-corrected chi connectivity index (χ1v) is 10.1. The number of carbonyl (C=O) groups is 2. The molecule has 2 N–H and O–H groups in total. The van der Waals surface area contributed by atoms with Crippen molar-refractivity contribution in [2.24, 2.45) is 0 Å². The molecule has 2 aromatic rings. The van der Waals surface area contributed by atoms with E-state index in [2.05, 4.69) is 35.0 Å². The number of ether oxygens (including phenoxy) is 1. The molecule has 2 aromatic carbocycles. The summed E-state index contributed by atoms with van der Waals surface area (Å²) in [6.07, 6.45) is 4.05. The van der Waals surface area contributed by atoms with Crippen LogP contribution < -0.4 is 15.5 Å². The Balaban J connectivity index is 1.41. The average Bonchev–Trinajstić information content (AvgIpc) is 3.16. The zero-order valence-electron chi connectivity index (χ0n) is 16.8. The number of hydrogen-bond acceptors (Lipinski definition) is 5. The zero-order chi connectivity index (χ0) is 21.3. The molecule has 2 aliphatic rings. The van der Waals surface area contributed by atoms with E-state index in [4.69, 9.17) is 16.3 Å². The standard InChI is InChI=1S/C22H23ClN4O3/c1-14-3-5-15(6-4-14)17-12-19-22(29)26(9-10-27(19)25-17)13-21(28)24-18-11-16(23)7-8-20(18)30-2/h3-11,17,19,25H,12-13H2,1-2H3,(H,24,28). The number of aryl methyl sites for hydroxylation is 1. The molecule has 4 rings (SSSR count). The van der Waals surface area contributed by atoms with Gasteiger partial charge in [-0.3, -0.25) is 9.59 Å². The topological polar surface area (TPSA) is 73.9 Å². The van der Waals surface area contributed by atoms with E-state index in [0.717, 1.165) is 5.56 Å². The predicted octanol–water partition coefficient (Wildman–Crippen LogP) is 3.23. The van der Waals surface area contributed by atoms with Gasteiger partial charge in [0.1, 0.15) is 18.3 Å². The monoisotopic (exact) mass is 426 g/mol. The predicted molar refractivity (Wildman–Crippen MR) is 115 cm³/mol. The van der Waals surface area contributed by atoms with Crippen LogP contribution in [0.2, 0.25) is 5.02 Å². The van der Waals surface area contributed by atoms with Crippen LogP contribution >= 0.6 is 11.6 Å². The van der Waals surface area contributed by atoms with Crippen LogP contribution in [0.4, 0.5) is 5.69 Å². The Labute approximate surface area is 180 Å². The van der Waals surface area contributed by atoms with Gasteiger partial charge < -0.3 is 20.0 Å². The maximum Gasteiger partial charge on any atom is 0.251 e. The zero-order valence-corrected chi connectivity index (χ0v) is 17.5. The molecule has 8 heteroatoms. The normalized spacial score (nSPS) is 20.3. The summed E-state index contributed by atoms with van der Waals surface area (Å²) >= 11 is 6.01. The Morgan fingerprint density at radius 2 is 2.00 bits per heavy atom. The van der Waals surface area contributed by atoms with Crippen LogP contribution in [-0.2, 0) is 9.59 Å². The van der Waals surface area contributed by atoms with Crippen LogP contribution in [0.1, 0.15) is 23.6 Å². The molecule has 1 fully saturated rings. The second-order valence-corrected chi connectivity index (χ2v) is 7.84. The van der Waals surface area contributed by atoms with Crippen molar-refractivity contribution >= 4 is 29.1 Å². The third-order valence-electron chi connectivity index (χ3n) is 5.30. The van der Waals surface area contributed by atoms with Crippen LogP contribution in [0.3, 0.4) is 0 Å². The van der Waals surface area contributed by atoms with Crippen LogP contribution in [0.15, 0.2) is 54.9 Å². The summed E-state index contributed by atoms with van der Waals surface area (Å²) in [5.41, 5.74) is 6.15. The SMILES string of the molecule is COc1ccc(Cl)cc1NC(=O)CN1C=CN2NC(c3ccc(C)cc3)CC2C1=O. The molecule has 0 aromatic heterocycles. The van der Waals surface area contributed by atoms with Crippen molar-refractivity contribution < 1.29 is 14.3 Å². The first kappa shape index (κ1) is 20.3. The van der Waals surface area contributed by atoms with Crippen molar-refractivity contribution in [2.75, 3.05) is 19.0 Å². The molecule has 0 bridgehead atoms. The van der Waals surface area contributed by atoms with Crippen LogP contribution in [-0.4, -0.2) is 41.4 Å². The van der Waals surface area contributed by atoms with Gasteiger partial charge >= 0.3 is 0 Å². The molecule has 2 atom stereocenters. The number of methoxy groups -OCH3 is 1. The molecular formula is C22H23ClN4O3. The minimum atomic E-state index is -0.352. The summed E-state index contributed by atoms with van der Waals surface area (Å²) in [6.45, 7) is 1.95. The maximum atomic E-state index is 13.0. The van der Waals surface area contributed by atoms with Crippen LogP contribution in [0.25, 0.3) is 0 Å². The Morgan fingerprint density at radius 1 is 1.23 bits per heavy atom. The van der Waals surface area contributed by atoms with E-state index in [1.807, 2.05) is 11.9 Å². The first-order chi connectivity index (χ1) is 14.4. The highest BCUT2D eigenvalue weighted by molar-refractivity contribution is 6.31. The molecule has 2 aliphatic heterocycles. The van der Waals surface area contributed by atoms with Gasteiger partial charge in [-0.05, 0) is 37.1 Å². The number of anilines is 1. The summed E-state index contributed by atoms with van der Waals surface area (Å²) in [4.78, 5) is 27.0. The fraction of sp³-hybridized carbons (Fsp3) is 0.273. The minimum absolute atomic E-state index is 0.0497. The summed E-state index contributed by atoms with van der Waals surface area (Å²) in [5, 5.41) is 5.07. The van der Waals surface area contributed by atoms with E-state index in [1.165, 1.54) is 17.6 Å². The highest BCUT2D eigenvalue weighted by atomic mass is 35.5. The van der Waals surface area contributed by atoms with Crippen molar-refractivity contribution in [1.29, 1.82) is 0 Å². The van der Waals surface area contributed by atoms with E-state index >= 15 is 0 Å². The molecule has 0 radical (unpaired) electrons. The summed E-state index contributed by atoms with van der Waals surface area (Å²) in [5.74, 6) is 0.0521. The number of amides is 2. The van der Waals surface area contributed by atoms with Gasteiger partial charge in [-0.25, -0.2) is 5.43 Å². The fourth-order valence-corrected chi connectivity index (χ4v) is 3.88. The Hall–Kier alpha value is -3.03. The van der Waals surface area contributed by atoms with Gasteiger partial charge in [0.15, 0.2) is 0 Å². The lowest BCUT2D eigenvalue weighted by Gasteiger charge is -2.31. The minimum Gasteiger partial charge on any atom is -0.495 e. The second-order valence-electron chi connectivity index (χ2n) is 7.41. The average molecular weight is 427 g/mol. The van der Waals surface area contributed by atoms with Gasteiger partial charge in [0.25, 0.3) is 5.91 Å². The van der Waals surface area contributed by atoms with Gasteiger partial charge in [0.05, 0.1) is 18.8 Å². The molecule has 156 valence electrons. The molecule has 2 amide bonds. The Bertz CT molecular complexity index is 992. The molecule has 0 spiro atoms. The smallest absolute Gasteiger partial charge is 0.251 e. The first-order valence-electron chi connectivity index (χ1n) is 9.68. The van der Waals surface area contributed by atoms with Crippen molar-refractivity contribution in [3.8, 4) is 5.75 Å². The Kier molecular flexibility index (Phi) is 5.65. The molecule has 1 saturated heterocycles. The van der Waals surface area contributed by atoms with E-state index in [1.54, 1.807) is 30.6 Å². The third kappa shape index (κ3) is 4.13. The van der Waals surface area contributed by atoms with Gasteiger partial charge in [0.2, 0.25) is 5.91 Å². The quantitative estimate of drug-likeness (QED) is 0.767. The molecular weight excluding hydrogens is 404 g/mol. The number of hydrogen-bond donors (Lipinski definition) is 2. The summed E-state index contributed by atoms with van der Waals surface area (Å²) in [6, 6.07) is 12.9. The van der Waals surface area contributed by atoms with Gasteiger partial charge in [-0.15, -0.1) is 0 Å². The van der Waals surface area contributed by atoms with Gasteiger partial charge in [-0.1, -0.05) is 41.4 Å². The van der Waals surface area contributed by atoms with E-state index < -0.39 is 0 Å². The summed E-state index contributed by atoms with van der Waals surface area (Å²) in [7, 11) is 1.52. The van der Waals surface area contributed by atoms with Crippen LogP contribution in [0, 0.1) is 6.92 Å². The Morgan fingerprint density at radius 3 is 2.73 bits per heavy atom. The molecule has 0 aliphatic carbocycles. The number of benzene rings is 2. The fourth-order valence-electron chi connectivity index (χ4n) is 3.71. The van der Waals surface area contributed by atoms with Crippen molar-refractivity contribution in [3.63, 3.8) is 0 Å².